The van der Waals surface area contributed by atoms with E-state index in [1.165, 1.54) is 35.6 Å². The van der Waals surface area contributed by atoms with E-state index in [1.54, 1.807) is 0 Å². The van der Waals surface area contributed by atoms with Crippen LogP contribution in [0.15, 0.2) is 42.1 Å². The van der Waals surface area contributed by atoms with Crippen molar-refractivity contribution in [2.24, 2.45) is 0 Å². The number of nitrogens with one attached hydrogen (secondary N) is 1. The lowest BCUT2D eigenvalue weighted by atomic mass is 9.99. The molecule has 0 aliphatic rings. The van der Waals surface area contributed by atoms with Crippen LogP contribution in [-0.2, 0) is 11.2 Å². The van der Waals surface area contributed by atoms with Crippen molar-refractivity contribution >= 4 is 5.91 Å². The number of allylic oxidation sites excluding steroid dienone is 2. The highest BCUT2D eigenvalue weighted by Gasteiger charge is 2.82. The first-order valence-electron chi connectivity index (χ1n) is 6.87. The van der Waals surface area contributed by atoms with Gasteiger partial charge in [-0.05, 0) is 12.0 Å². The van der Waals surface area contributed by atoms with Gasteiger partial charge >= 0.3 is 23.9 Å². The number of benzene rings is 1. The zero-order valence-corrected chi connectivity index (χ0v) is 13.0. The van der Waals surface area contributed by atoms with Crippen molar-refractivity contribution in [3.63, 3.8) is 0 Å². The van der Waals surface area contributed by atoms with Crippen molar-refractivity contribution in [3.8, 4) is 0 Å². The van der Waals surface area contributed by atoms with E-state index >= 15 is 0 Å². The Labute approximate surface area is 141 Å². The molecule has 1 aromatic rings. The van der Waals surface area contributed by atoms with Gasteiger partial charge in [0.05, 0.1) is 5.70 Å². The van der Waals surface area contributed by atoms with E-state index in [9.17, 15) is 44.3 Å². The minimum atomic E-state index is -7.03. The summed E-state index contributed by atoms with van der Waals surface area (Å²) in [4.78, 5) is 10.9. The normalized spacial score (nSPS) is 14.3. The van der Waals surface area contributed by atoms with Crippen molar-refractivity contribution < 1.29 is 44.3 Å². The summed E-state index contributed by atoms with van der Waals surface area (Å²) >= 11 is 0. The lowest BCUT2D eigenvalue weighted by Crippen LogP contribution is -2.62. The summed E-state index contributed by atoms with van der Waals surface area (Å²) in [7, 11) is 0. The first kappa shape index (κ1) is 21.8. The molecule has 11 heteroatoms. The largest absolute Gasteiger partial charge is 0.460 e. The molecule has 0 unspecified atom stereocenters. The molecule has 0 aliphatic heterocycles. The zero-order valence-electron chi connectivity index (χ0n) is 13.0. The molecule has 1 N–H and O–H groups in total. The molecule has 0 aromatic heterocycles. The molecule has 146 valence electrons. The molecule has 0 aliphatic carbocycles. The van der Waals surface area contributed by atoms with Gasteiger partial charge in [0.25, 0.3) is 0 Å². The van der Waals surface area contributed by atoms with E-state index in [1.807, 2.05) is 0 Å². The average Bonchev–Trinajstić information content (AvgIpc) is 2.50. The van der Waals surface area contributed by atoms with Gasteiger partial charge in [0.2, 0.25) is 5.91 Å². The van der Waals surface area contributed by atoms with Crippen LogP contribution in [0.1, 0.15) is 12.5 Å². The van der Waals surface area contributed by atoms with E-state index in [2.05, 4.69) is 0 Å². The van der Waals surface area contributed by atoms with Gasteiger partial charge in [-0.2, -0.15) is 39.5 Å². The standard InChI is InChI=1S/C15H12F9NO/c1-9(26)25-11(8-7-10-5-3-2-4-6-10)12(16,17)13(18,19)14(20,21)15(22,23)24/h2-6,8H,7H2,1H3,(H,25,26)/b11-8-. The predicted molar refractivity (Wildman–Crippen MR) is 72.9 cm³/mol. The molecule has 1 rings (SSSR count). The summed E-state index contributed by atoms with van der Waals surface area (Å²) in [6, 6.07) is 7.16. The third-order valence-corrected chi connectivity index (χ3v) is 3.18. The fourth-order valence-corrected chi connectivity index (χ4v) is 1.83. The maximum atomic E-state index is 13.9. The van der Waals surface area contributed by atoms with Crippen LogP contribution in [0.25, 0.3) is 0 Å². The van der Waals surface area contributed by atoms with Crippen LogP contribution >= 0.6 is 0 Å². The average molecular weight is 393 g/mol. The second kappa shape index (κ2) is 7.20. The second-order valence-corrected chi connectivity index (χ2v) is 5.21. The summed E-state index contributed by atoms with van der Waals surface area (Å²) in [5, 5.41) is 1.21. The molecule has 2 nitrogen and oxygen atoms in total. The maximum absolute atomic E-state index is 13.9. The van der Waals surface area contributed by atoms with E-state index in [0.29, 0.717) is 6.92 Å². The van der Waals surface area contributed by atoms with Crippen molar-refractivity contribution in [1.82, 2.24) is 5.32 Å². The monoisotopic (exact) mass is 393 g/mol. The van der Waals surface area contributed by atoms with E-state index < -0.39 is 42.0 Å². The zero-order chi connectivity index (χ0) is 20.4. The molecule has 1 amide bonds. The van der Waals surface area contributed by atoms with Crippen molar-refractivity contribution in [1.29, 1.82) is 0 Å². The summed E-state index contributed by atoms with van der Waals surface area (Å²) in [5.74, 6) is -21.2. The van der Waals surface area contributed by atoms with Gasteiger partial charge in [0.15, 0.2) is 0 Å². The summed E-state index contributed by atoms with van der Waals surface area (Å²) in [6.45, 7) is 0.604. The molecular formula is C15H12F9NO. The smallest absolute Gasteiger partial charge is 0.325 e. The fourth-order valence-electron chi connectivity index (χ4n) is 1.83. The molecule has 0 saturated carbocycles. The summed E-state index contributed by atoms with van der Waals surface area (Å²) in [5.41, 5.74) is -1.79. The van der Waals surface area contributed by atoms with Crippen LogP contribution in [0.3, 0.4) is 0 Å². The van der Waals surface area contributed by atoms with Gasteiger partial charge in [-0.15, -0.1) is 0 Å². The lowest BCUT2D eigenvalue weighted by Gasteiger charge is -2.34. The molecule has 1 aromatic carbocycles. The Bertz CT molecular complexity index is 665. The number of hydrogen-bond donors (Lipinski definition) is 1. The highest BCUT2D eigenvalue weighted by atomic mass is 19.4. The van der Waals surface area contributed by atoms with Gasteiger partial charge in [0, 0.05) is 6.92 Å². The Balaban J connectivity index is 3.36. The highest BCUT2D eigenvalue weighted by Crippen LogP contribution is 2.54. The third kappa shape index (κ3) is 4.13. The van der Waals surface area contributed by atoms with Gasteiger partial charge in [0.1, 0.15) is 0 Å². The number of rotatable bonds is 6. The molecule has 26 heavy (non-hydrogen) atoms. The number of carbonyl (C=O) groups is 1. The molecule has 0 fully saturated rings. The van der Waals surface area contributed by atoms with Crippen LogP contribution in [0, 0.1) is 0 Å². The Kier molecular flexibility index (Phi) is 6.05. The topological polar surface area (TPSA) is 29.1 Å². The van der Waals surface area contributed by atoms with E-state index in [0.717, 1.165) is 0 Å². The molecule has 0 radical (unpaired) electrons. The first-order chi connectivity index (χ1) is 11.6. The number of halogens is 9. The quantitative estimate of drug-likeness (QED) is 0.697. The molecule has 0 saturated heterocycles. The lowest BCUT2D eigenvalue weighted by molar-refractivity contribution is -0.390. The van der Waals surface area contributed by atoms with Gasteiger partial charge in [-0.3, -0.25) is 4.79 Å². The second-order valence-electron chi connectivity index (χ2n) is 5.21. The van der Waals surface area contributed by atoms with Gasteiger partial charge < -0.3 is 5.32 Å². The molecule has 0 bridgehead atoms. The molecular weight excluding hydrogens is 381 g/mol. The molecule has 0 spiro atoms. The van der Waals surface area contributed by atoms with Crippen molar-refractivity contribution in [2.45, 2.75) is 37.3 Å². The van der Waals surface area contributed by atoms with Gasteiger partial charge in [-0.1, -0.05) is 36.4 Å². The summed E-state index contributed by atoms with van der Waals surface area (Å²) < 4.78 is 117. The van der Waals surface area contributed by atoms with Crippen LogP contribution in [0.2, 0.25) is 0 Å². The number of carbonyl (C=O) groups excluding carboxylic acids is 1. The minimum absolute atomic E-state index is 0.261. The highest BCUT2D eigenvalue weighted by molar-refractivity contribution is 5.75. The third-order valence-electron chi connectivity index (χ3n) is 3.18. The van der Waals surface area contributed by atoms with Gasteiger partial charge in [-0.25, -0.2) is 0 Å². The number of hydrogen-bond acceptors (Lipinski definition) is 1. The molecule has 0 atom stereocenters. The minimum Gasteiger partial charge on any atom is -0.325 e. The maximum Gasteiger partial charge on any atom is 0.460 e. The Morgan fingerprint density at radius 1 is 0.923 bits per heavy atom. The Morgan fingerprint density at radius 2 is 1.42 bits per heavy atom. The SMILES string of the molecule is CC(=O)N/C(=C\Cc1ccccc1)C(F)(F)C(F)(F)C(F)(F)C(F)(F)F. The summed E-state index contributed by atoms with van der Waals surface area (Å²) in [6.07, 6.45) is -7.20. The molecule has 0 heterocycles. The van der Waals surface area contributed by atoms with Crippen LogP contribution < -0.4 is 5.32 Å². The van der Waals surface area contributed by atoms with Crippen LogP contribution in [0.5, 0.6) is 0 Å². The fraction of sp³-hybridized carbons (Fsp3) is 0.400. The first-order valence-corrected chi connectivity index (χ1v) is 6.87. The van der Waals surface area contributed by atoms with E-state index in [4.69, 9.17) is 0 Å². The van der Waals surface area contributed by atoms with Crippen molar-refractivity contribution in [3.05, 3.63) is 47.7 Å². The Hall–Kier alpha value is -2.20. The Morgan fingerprint density at radius 3 is 1.85 bits per heavy atom. The predicted octanol–water partition coefficient (Wildman–Crippen LogP) is 4.72. The van der Waals surface area contributed by atoms with Crippen LogP contribution in [-0.4, -0.2) is 29.9 Å². The van der Waals surface area contributed by atoms with E-state index in [-0.39, 0.29) is 11.6 Å². The van der Waals surface area contributed by atoms with Crippen molar-refractivity contribution in [2.75, 3.05) is 0 Å². The van der Waals surface area contributed by atoms with Crippen LogP contribution in [0.4, 0.5) is 39.5 Å². The number of amides is 1. The number of alkyl halides is 9.